The first-order valence-electron chi connectivity index (χ1n) is 12.7. The Bertz CT molecular complexity index is 1390. The zero-order chi connectivity index (χ0) is 26.3. The van der Waals surface area contributed by atoms with Crippen LogP contribution < -0.4 is 5.73 Å². The number of aliphatic hydroxyl groups excluding tert-OH is 2. The smallest absolute Gasteiger partial charge is 0.165 e. The van der Waals surface area contributed by atoms with Crippen molar-refractivity contribution in [3.8, 4) is 0 Å². The van der Waals surface area contributed by atoms with Gasteiger partial charge < -0.3 is 25.7 Å². The molecule has 198 valence electrons. The van der Waals surface area contributed by atoms with Crippen LogP contribution >= 0.6 is 11.6 Å². The highest BCUT2D eigenvalue weighted by atomic mass is 35.5. The number of rotatable bonds is 9. The van der Waals surface area contributed by atoms with Crippen molar-refractivity contribution in [1.82, 2.24) is 29.4 Å². The maximum Gasteiger partial charge on any atom is 0.165 e. The average Bonchev–Trinajstić information content (AvgIpc) is 3.53. The predicted molar refractivity (Wildman–Crippen MR) is 143 cm³/mol. The molecule has 0 saturated carbocycles. The Morgan fingerprint density at radius 2 is 2.00 bits per heavy atom. The third kappa shape index (κ3) is 5.17. The second kappa shape index (κ2) is 10.5. The Morgan fingerprint density at radius 1 is 1.19 bits per heavy atom. The van der Waals surface area contributed by atoms with Gasteiger partial charge in [0.2, 0.25) is 0 Å². The number of ether oxygens (including phenoxy) is 1. The van der Waals surface area contributed by atoms with E-state index >= 15 is 0 Å². The number of halogens is 1. The van der Waals surface area contributed by atoms with Crippen molar-refractivity contribution in [1.29, 1.82) is 0 Å². The summed E-state index contributed by atoms with van der Waals surface area (Å²) in [5, 5.41) is 22.3. The number of anilines is 1. The van der Waals surface area contributed by atoms with Crippen molar-refractivity contribution < 1.29 is 14.9 Å². The van der Waals surface area contributed by atoms with Gasteiger partial charge in [0, 0.05) is 25.2 Å². The van der Waals surface area contributed by atoms with Crippen LogP contribution in [0.4, 0.5) is 5.69 Å². The molecule has 5 N–H and O–H groups in total. The topological polar surface area (TPSA) is 138 Å². The van der Waals surface area contributed by atoms with Gasteiger partial charge in [-0.1, -0.05) is 11.6 Å². The van der Waals surface area contributed by atoms with E-state index < -0.39 is 24.5 Å². The van der Waals surface area contributed by atoms with Crippen LogP contribution in [0.25, 0.3) is 22.2 Å². The molecule has 0 aliphatic carbocycles. The van der Waals surface area contributed by atoms with Gasteiger partial charge in [-0.15, -0.1) is 0 Å². The molecule has 1 aromatic carbocycles. The van der Waals surface area contributed by atoms with Crippen molar-refractivity contribution >= 4 is 39.5 Å². The van der Waals surface area contributed by atoms with Gasteiger partial charge in [0.25, 0.3) is 0 Å². The molecule has 10 nitrogen and oxygen atoms in total. The standard InChI is InChI=1S/C26H34ClN7O3/c1-14(2)33(9-5-4-6-20-31-18-11-15(3)10-16(27)21(18)32-20)12-19-23(35)24(36)26(37-19)34-13-30-22-17(28)7-8-29-25(22)34/h7-8,10-11,13-14,19,23-24,26,35-36H,4-6,9,12H2,1-3H3,(H2,28,29)(H,31,32)/t19-,23-,24-,26-/m1/s1. The molecule has 1 saturated heterocycles. The van der Waals surface area contributed by atoms with Gasteiger partial charge in [-0.25, -0.2) is 15.0 Å². The second-order valence-electron chi connectivity index (χ2n) is 10.1. The van der Waals surface area contributed by atoms with Crippen molar-refractivity contribution in [3.05, 3.63) is 47.1 Å². The number of nitrogens with one attached hydrogen (secondary N) is 1. The van der Waals surface area contributed by atoms with Crippen LogP contribution in [-0.2, 0) is 11.2 Å². The summed E-state index contributed by atoms with van der Waals surface area (Å²) in [6, 6.07) is 5.91. The van der Waals surface area contributed by atoms with Gasteiger partial charge >= 0.3 is 0 Å². The minimum Gasteiger partial charge on any atom is -0.397 e. The molecular weight excluding hydrogens is 494 g/mol. The summed E-state index contributed by atoms with van der Waals surface area (Å²) in [7, 11) is 0. The van der Waals surface area contributed by atoms with Crippen LogP contribution in [0.3, 0.4) is 0 Å². The molecule has 1 fully saturated rings. The van der Waals surface area contributed by atoms with Crippen molar-refractivity contribution in [2.45, 2.75) is 70.6 Å². The number of nitrogen functional groups attached to an aromatic ring is 1. The number of unbranched alkanes of at least 4 members (excludes halogenated alkanes) is 1. The Morgan fingerprint density at radius 3 is 2.78 bits per heavy atom. The number of aliphatic hydroxyl groups is 2. The van der Waals surface area contributed by atoms with E-state index in [9.17, 15) is 10.2 Å². The van der Waals surface area contributed by atoms with E-state index in [0.29, 0.717) is 28.4 Å². The fraction of sp³-hybridized carbons (Fsp3) is 0.500. The first-order chi connectivity index (χ1) is 17.7. The molecule has 1 aliphatic heterocycles. The van der Waals surface area contributed by atoms with Crippen LogP contribution in [0.15, 0.2) is 30.7 Å². The fourth-order valence-electron chi connectivity index (χ4n) is 5.03. The monoisotopic (exact) mass is 527 g/mol. The molecular formula is C26H34ClN7O3. The van der Waals surface area contributed by atoms with Gasteiger partial charge in [0.05, 0.1) is 22.6 Å². The van der Waals surface area contributed by atoms with E-state index in [1.807, 2.05) is 13.0 Å². The number of aryl methyl sites for hydroxylation is 2. The molecule has 0 unspecified atom stereocenters. The number of H-pyrrole nitrogens is 1. The SMILES string of the molecule is Cc1cc(Cl)c2nc(CCCCN(C[C@H]3O[C@@H](n4cnc5c(N)ccnc54)[C@H](O)[C@@H]3O)C(C)C)[nH]c2c1. The highest BCUT2D eigenvalue weighted by molar-refractivity contribution is 6.35. The van der Waals surface area contributed by atoms with Gasteiger partial charge in [0.15, 0.2) is 11.9 Å². The van der Waals surface area contributed by atoms with Crippen molar-refractivity contribution in [2.75, 3.05) is 18.8 Å². The predicted octanol–water partition coefficient (Wildman–Crippen LogP) is 3.20. The normalized spacial score (nSPS) is 22.3. The Labute approximate surface area is 220 Å². The molecule has 0 amide bonds. The Hall–Kier alpha value is -2.76. The minimum atomic E-state index is -1.11. The lowest BCUT2D eigenvalue weighted by Gasteiger charge is -2.30. The van der Waals surface area contributed by atoms with Crippen LogP contribution in [0.1, 0.15) is 44.3 Å². The minimum absolute atomic E-state index is 0.246. The van der Waals surface area contributed by atoms with E-state index in [-0.39, 0.29) is 6.04 Å². The molecule has 4 heterocycles. The van der Waals surface area contributed by atoms with Crippen LogP contribution in [0, 0.1) is 6.92 Å². The number of benzene rings is 1. The number of nitrogens with two attached hydrogens (primary N) is 1. The van der Waals surface area contributed by atoms with E-state index in [0.717, 1.165) is 48.2 Å². The molecule has 0 bridgehead atoms. The maximum atomic E-state index is 10.8. The van der Waals surface area contributed by atoms with Crippen LogP contribution in [-0.4, -0.2) is 77.1 Å². The summed E-state index contributed by atoms with van der Waals surface area (Å²) in [6.07, 6.45) is 2.37. The van der Waals surface area contributed by atoms with E-state index in [2.05, 4.69) is 44.7 Å². The van der Waals surface area contributed by atoms with Crippen molar-refractivity contribution in [3.63, 3.8) is 0 Å². The molecule has 4 atom stereocenters. The summed E-state index contributed by atoms with van der Waals surface area (Å²) < 4.78 is 7.80. The average molecular weight is 528 g/mol. The van der Waals surface area contributed by atoms with E-state index in [1.54, 1.807) is 23.2 Å². The quantitative estimate of drug-likeness (QED) is 0.243. The lowest BCUT2D eigenvalue weighted by Crippen LogP contribution is -2.43. The number of aromatic nitrogens is 5. The molecule has 3 aromatic heterocycles. The number of pyridine rings is 1. The van der Waals surface area contributed by atoms with Gasteiger partial charge in [-0.3, -0.25) is 9.47 Å². The number of fused-ring (bicyclic) bond motifs is 2. The number of aromatic amines is 1. The summed E-state index contributed by atoms with van der Waals surface area (Å²) in [4.78, 5) is 19.0. The van der Waals surface area contributed by atoms with Crippen LogP contribution in [0.2, 0.25) is 5.02 Å². The zero-order valence-corrected chi connectivity index (χ0v) is 22.1. The van der Waals surface area contributed by atoms with Crippen molar-refractivity contribution in [2.24, 2.45) is 0 Å². The molecule has 5 rings (SSSR count). The number of nitrogens with zero attached hydrogens (tertiary/aromatic N) is 5. The van der Waals surface area contributed by atoms with Gasteiger partial charge in [0.1, 0.15) is 35.2 Å². The lowest BCUT2D eigenvalue weighted by molar-refractivity contribution is -0.0469. The first kappa shape index (κ1) is 25.9. The highest BCUT2D eigenvalue weighted by Crippen LogP contribution is 2.33. The lowest BCUT2D eigenvalue weighted by atomic mass is 10.1. The Balaban J connectivity index is 1.19. The number of hydrogen-bond acceptors (Lipinski definition) is 8. The second-order valence-corrected chi connectivity index (χ2v) is 10.5. The summed E-state index contributed by atoms with van der Waals surface area (Å²) >= 11 is 6.34. The number of imidazole rings is 2. The third-order valence-corrected chi connectivity index (χ3v) is 7.38. The fourth-order valence-corrected chi connectivity index (χ4v) is 5.34. The molecule has 4 aromatic rings. The van der Waals surface area contributed by atoms with Gasteiger partial charge in [-0.2, -0.15) is 0 Å². The molecule has 0 radical (unpaired) electrons. The van der Waals surface area contributed by atoms with Gasteiger partial charge in [-0.05, 0) is 63.9 Å². The van der Waals surface area contributed by atoms with Crippen LogP contribution in [0.5, 0.6) is 0 Å². The maximum absolute atomic E-state index is 10.8. The summed E-state index contributed by atoms with van der Waals surface area (Å²) in [5.41, 5.74) is 10.4. The third-order valence-electron chi connectivity index (χ3n) is 7.09. The van der Waals surface area contributed by atoms with E-state index in [4.69, 9.17) is 22.1 Å². The largest absolute Gasteiger partial charge is 0.397 e. The molecule has 0 spiro atoms. The zero-order valence-electron chi connectivity index (χ0n) is 21.3. The Kier molecular flexibility index (Phi) is 7.37. The highest BCUT2D eigenvalue weighted by Gasteiger charge is 2.45. The summed E-state index contributed by atoms with van der Waals surface area (Å²) in [5.74, 6) is 0.931. The molecule has 1 aliphatic rings. The molecule has 11 heteroatoms. The molecule has 37 heavy (non-hydrogen) atoms. The summed E-state index contributed by atoms with van der Waals surface area (Å²) in [6.45, 7) is 7.58. The number of hydrogen-bond donors (Lipinski definition) is 4. The van der Waals surface area contributed by atoms with E-state index in [1.165, 1.54) is 0 Å². The first-order valence-corrected chi connectivity index (χ1v) is 13.1.